The maximum absolute atomic E-state index is 12.7. The van der Waals surface area contributed by atoms with Gasteiger partial charge in [-0.05, 0) is 37.4 Å². The Morgan fingerprint density at radius 1 is 1.30 bits per heavy atom. The van der Waals surface area contributed by atoms with Crippen molar-refractivity contribution in [2.45, 2.75) is 32.0 Å². The predicted molar refractivity (Wildman–Crippen MR) is 113 cm³/mol. The zero-order chi connectivity index (χ0) is 20.3. The number of piperidine rings is 3. The summed E-state index contributed by atoms with van der Waals surface area (Å²) >= 11 is 1.46. The van der Waals surface area contributed by atoms with Crippen molar-refractivity contribution in [3.05, 3.63) is 53.8 Å². The van der Waals surface area contributed by atoms with Crippen LogP contribution in [0.15, 0.2) is 48.1 Å². The summed E-state index contributed by atoms with van der Waals surface area (Å²) in [5.41, 5.74) is 0.815. The quantitative estimate of drug-likeness (QED) is 0.628. The molecule has 8 nitrogen and oxygen atoms in total. The van der Waals surface area contributed by atoms with E-state index in [-0.39, 0.29) is 11.8 Å². The number of hydrogen-bond donors (Lipinski definition) is 1. The van der Waals surface area contributed by atoms with Gasteiger partial charge < -0.3 is 10.1 Å². The SMILES string of the molecule is O=C(Nc1nccs1)[C@H]1CN2CC[C@H]1C[C@@H]2Cn1cc(COc2ccccc2)nn1. The molecule has 30 heavy (non-hydrogen) atoms. The summed E-state index contributed by atoms with van der Waals surface area (Å²) in [6.45, 7) is 3.02. The van der Waals surface area contributed by atoms with E-state index in [2.05, 4.69) is 25.5 Å². The fraction of sp³-hybridized carbons (Fsp3) is 0.429. The van der Waals surface area contributed by atoms with Crippen molar-refractivity contribution < 1.29 is 9.53 Å². The second-order valence-corrected chi connectivity index (χ2v) is 8.79. The molecule has 1 aromatic carbocycles. The number of carbonyl (C=O) groups excluding carboxylic acids is 1. The number of thiazole rings is 1. The molecule has 0 aliphatic carbocycles. The van der Waals surface area contributed by atoms with Crippen LogP contribution in [-0.4, -0.2) is 49.9 Å². The lowest BCUT2D eigenvalue weighted by atomic mass is 9.75. The molecule has 1 N–H and O–H groups in total. The fourth-order valence-corrected chi connectivity index (χ4v) is 5.02. The molecule has 2 bridgehead atoms. The van der Waals surface area contributed by atoms with E-state index in [4.69, 9.17) is 4.74 Å². The molecule has 0 saturated carbocycles. The number of anilines is 1. The first-order chi connectivity index (χ1) is 14.7. The summed E-state index contributed by atoms with van der Waals surface area (Å²) in [6, 6.07) is 10.1. The van der Waals surface area contributed by atoms with E-state index in [1.54, 1.807) is 6.20 Å². The topological polar surface area (TPSA) is 85.2 Å². The summed E-state index contributed by atoms with van der Waals surface area (Å²) in [6.07, 6.45) is 5.74. The van der Waals surface area contributed by atoms with Gasteiger partial charge in [-0.2, -0.15) is 0 Å². The van der Waals surface area contributed by atoms with Gasteiger partial charge in [0.25, 0.3) is 0 Å². The molecule has 3 aromatic rings. The molecule has 1 unspecified atom stereocenters. The Balaban J connectivity index is 1.16. The smallest absolute Gasteiger partial charge is 0.230 e. The number of fused-ring (bicyclic) bond motifs is 3. The Kier molecular flexibility index (Phi) is 5.46. The van der Waals surface area contributed by atoms with Gasteiger partial charge in [0.15, 0.2) is 5.13 Å². The molecule has 3 fully saturated rings. The van der Waals surface area contributed by atoms with Crippen molar-refractivity contribution in [1.82, 2.24) is 24.9 Å². The average molecular weight is 425 g/mol. The monoisotopic (exact) mass is 424 g/mol. The number of rotatable bonds is 7. The number of nitrogens with one attached hydrogen (secondary N) is 1. The zero-order valence-corrected chi connectivity index (χ0v) is 17.4. The molecule has 2 aromatic heterocycles. The van der Waals surface area contributed by atoms with Gasteiger partial charge in [0.1, 0.15) is 18.1 Å². The van der Waals surface area contributed by atoms with E-state index in [9.17, 15) is 4.79 Å². The summed E-state index contributed by atoms with van der Waals surface area (Å²) in [7, 11) is 0. The van der Waals surface area contributed by atoms with E-state index in [0.29, 0.717) is 23.7 Å². The second kappa shape index (κ2) is 8.53. The largest absolute Gasteiger partial charge is 0.487 e. The van der Waals surface area contributed by atoms with E-state index in [1.807, 2.05) is 46.6 Å². The van der Waals surface area contributed by atoms with Gasteiger partial charge in [-0.1, -0.05) is 23.4 Å². The van der Waals surface area contributed by atoms with Crippen LogP contribution in [0.2, 0.25) is 0 Å². The molecule has 9 heteroatoms. The van der Waals surface area contributed by atoms with Gasteiger partial charge in [0.05, 0.1) is 18.7 Å². The van der Waals surface area contributed by atoms with Crippen LogP contribution in [0.3, 0.4) is 0 Å². The lowest BCUT2D eigenvalue weighted by Crippen LogP contribution is -2.57. The van der Waals surface area contributed by atoms with Crippen molar-refractivity contribution in [2.75, 3.05) is 18.4 Å². The Morgan fingerprint density at radius 3 is 2.97 bits per heavy atom. The highest BCUT2D eigenvalue weighted by molar-refractivity contribution is 7.13. The number of para-hydroxylation sites is 1. The third-order valence-corrected chi connectivity index (χ3v) is 6.68. The first-order valence-corrected chi connectivity index (χ1v) is 11.1. The lowest BCUT2D eigenvalue weighted by Gasteiger charge is -2.49. The van der Waals surface area contributed by atoms with Gasteiger partial charge in [-0.15, -0.1) is 16.4 Å². The van der Waals surface area contributed by atoms with Crippen LogP contribution >= 0.6 is 11.3 Å². The average Bonchev–Trinajstić information content (AvgIpc) is 3.45. The molecular formula is C21H24N6O2S. The van der Waals surface area contributed by atoms with Gasteiger partial charge in [-0.3, -0.25) is 14.4 Å². The van der Waals surface area contributed by atoms with Crippen molar-refractivity contribution in [3.63, 3.8) is 0 Å². The molecule has 6 rings (SSSR count). The molecular weight excluding hydrogens is 400 g/mol. The van der Waals surface area contributed by atoms with Gasteiger partial charge in [-0.25, -0.2) is 4.98 Å². The van der Waals surface area contributed by atoms with Crippen LogP contribution < -0.4 is 10.1 Å². The fourth-order valence-electron chi connectivity index (χ4n) is 4.49. The standard InChI is InChI=1S/C21H24N6O2S/c28-20(23-21-22-7-9-30-21)19-13-26-8-6-15(19)10-17(26)12-27-11-16(24-25-27)14-29-18-4-2-1-3-5-18/h1-5,7,9,11,15,17,19H,6,8,10,12-14H2,(H,22,23,28)/t15-,17+,19-/m0/s1. The number of carbonyl (C=O) groups is 1. The first kappa shape index (κ1) is 19.2. The zero-order valence-electron chi connectivity index (χ0n) is 16.6. The molecule has 1 amide bonds. The number of amides is 1. The minimum atomic E-state index is 0.0319. The maximum atomic E-state index is 12.7. The minimum Gasteiger partial charge on any atom is -0.487 e. The van der Waals surface area contributed by atoms with Crippen LogP contribution in [0, 0.1) is 11.8 Å². The van der Waals surface area contributed by atoms with Crippen molar-refractivity contribution in [2.24, 2.45) is 11.8 Å². The molecule has 3 aliphatic rings. The van der Waals surface area contributed by atoms with Crippen LogP contribution in [-0.2, 0) is 17.9 Å². The van der Waals surface area contributed by atoms with E-state index < -0.39 is 0 Å². The summed E-state index contributed by atoms with van der Waals surface area (Å²) in [4.78, 5) is 19.3. The number of ether oxygens (including phenoxy) is 1. The van der Waals surface area contributed by atoms with E-state index in [0.717, 1.165) is 43.9 Å². The highest BCUT2D eigenvalue weighted by atomic mass is 32.1. The Hall–Kier alpha value is -2.78. The number of aromatic nitrogens is 4. The van der Waals surface area contributed by atoms with E-state index in [1.165, 1.54) is 11.3 Å². The maximum Gasteiger partial charge on any atom is 0.230 e. The van der Waals surface area contributed by atoms with E-state index >= 15 is 0 Å². The second-order valence-electron chi connectivity index (χ2n) is 7.90. The van der Waals surface area contributed by atoms with Crippen LogP contribution in [0.5, 0.6) is 5.75 Å². The first-order valence-electron chi connectivity index (χ1n) is 10.3. The molecule has 3 aliphatic heterocycles. The number of nitrogens with zero attached hydrogens (tertiary/aromatic N) is 5. The number of hydrogen-bond acceptors (Lipinski definition) is 7. The van der Waals surface area contributed by atoms with Crippen LogP contribution in [0.25, 0.3) is 0 Å². The normalized spacial score (nSPS) is 25.2. The number of benzene rings is 1. The molecule has 5 heterocycles. The van der Waals surface area contributed by atoms with Crippen molar-refractivity contribution in [3.8, 4) is 5.75 Å². The van der Waals surface area contributed by atoms with Crippen LogP contribution in [0.4, 0.5) is 5.13 Å². The van der Waals surface area contributed by atoms with Crippen molar-refractivity contribution >= 4 is 22.4 Å². The van der Waals surface area contributed by atoms with Gasteiger partial charge in [0.2, 0.25) is 5.91 Å². The predicted octanol–water partition coefficient (Wildman–Crippen LogP) is 2.66. The summed E-state index contributed by atoms with van der Waals surface area (Å²) < 4.78 is 7.66. The molecule has 156 valence electrons. The Bertz CT molecular complexity index is 977. The lowest BCUT2D eigenvalue weighted by molar-refractivity contribution is -0.127. The minimum absolute atomic E-state index is 0.0319. The highest BCUT2D eigenvalue weighted by Crippen LogP contribution is 2.37. The molecule has 0 spiro atoms. The third kappa shape index (κ3) is 4.22. The highest BCUT2D eigenvalue weighted by Gasteiger charge is 2.43. The summed E-state index contributed by atoms with van der Waals surface area (Å²) in [5.74, 6) is 1.36. The Labute approximate surface area is 178 Å². The molecule has 4 atom stereocenters. The van der Waals surface area contributed by atoms with Gasteiger partial charge in [0, 0.05) is 24.2 Å². The third-order valence-electron chi connectivity index (χ3n) is 5.99. The van der Waals surface area contributed by atoms with Crippen molar-refractivity contribution in [1.29, 1.82) is 0 Å². The molecule has 0 radical (unpaired) electrons. The summed E-state index contributed by atoms with van der Waals surface area (Å²) in [5, 5.41) is 14.1. The molecule has 3 saturated heterocycles. The van der Waals surface area contributed by atoms with Gasteiger partial charge >= 0.3 is 0 Å². The Morgan fingerprint density at radius 2 is 2.20 bits per heavy atom. The van der Waals surface area contributed by atoms with Crippen LogP contribution in [0.1, 0.15) is 18.5 Å².